The molecule has 0 nitrogen and oxygen atoms in total. The van der Waals surface area contributed by atoms with E-state index in [1.54, 1.807) is 0 Å². The minimum atomic E-state index is 0. The Kier molecular flexibility index (Phi) is 34.9. The quantitative estimate of drug-likeness (QED) is 0.532. The fourth-order valence-electron chi connectivity index (χ4n) is 2.12. The van der Waals surface area contributed by atoms with Gasteiger partial charge in [-0.25, -0.2) is 0 Å². The first kappa shape index (κ1) is 26.6. The fraction of sp³-hybridized carbons (Fsp3) is 0.875. The number of rotatable bonds is 4. The zero-order valence-electron chi connectivity index (χ0n) is 13.6. The average Bonchev–Trinajstić information content (AvgIpc) is 2.84. The summed E-state index contributed by atoms with van der Waals surface area (Å²) in [5.41, 5.74) is 0. The first-order valence-corrected chi connectivity index (χ1v) is 7.20. The van der Waals surface area contributed by atoms with Crippen molar-refractivity contribution in [2.45, 2.75) is 80.1 Å². The molecule has 1 heteroatoms. The molecule has 1 fully saturated rings. The molecule has 0 aromatic carbocycles. The second-order valence-corrected chi connectivity index (χ2v) is 3.84. The molecule has 0 amide bonds. The van der Waals surface area contributed by atoms with E-state index < -0.39 is 0 Å². The van der Waals surface area contributed by atoms with Crippen LogP contribution in [0, 0.1) is 25.7 Å². The first-order valence-electron chi connectivity index (χ1n) is 7.20. The van der Waals surface area contributed by atoms with Gasteiger partial charge in [-0.1, -0.05) is 73.6 Å². The SMILES string of the molecule is CC.CC.CCC(CC)CC1[CH-]CCC1.[CH3-].[Y]. The molecule has 1 radical (unpaired) electrons. The van der Waals surface area contributed by atoms with Gasteiger partial charge in [0.1, 0.15) is 0 Å². The molecule has 0 heterocycles. The molecule has 1 aliphatic rings. The smallest absolute Gasteiger partial charge is 0 e. The summed E-state index contributed by atoms with van der Waals surface area (Å²) < 4.78 is 0. The second-order valence-electron chi connectivity index (χ2n) is 3.84. The second kappa shape index (κ2) is 22.3. The molecule has 0 aromatic rings. The van der Waals surface area contributed by atoms with Gasteiger partial charge in [0, 0.05) is 32.7 Å². The van der Waals surface area contributed by atoms with Gasteiger partial charge >= 0.3 is 0 Å². The summed E-state index contributed by atoms with van der Waals surface area (Å²) >= 11 is 0. The summed E-state index contributed by atoms with van der Waals surface area (Å²) in [6.07, 6.45) is 11.1. The van der Waals surface area contributed by atoms with Gasteiger partial charge in [0.15, 0.2) is 0 Å². The monoisotopic (exact) mass is 317 g/mol. The molecule has 105 valence electrons. The topological polar surface area (TPSA) is 0 Å². The maximum Gasteiger partial charge on any atom is 0 e. The van der Waals surface area contributed by atoms with E-state index in [0.717, 1.165) is 11.8 Å². The predicted octanol–water partition coefficient (Wildman–Crippen LogP) is 6.32. The Morgan fingerprint density at radius 2 is 1.53 bits per heavy atom. The molecular weight excluding hydrogens is 281 g/mol. The zero-order chi connectivity index (χ0) is 12.1. The molecule has 0 aliphatic heterocycles. The van der Waals surface area contributed by atoms with Crippen molar-refractivity contribution in [2.75, 3.05) is 0 Å². The van der Waals surface area contributed by atoms with E-state index in [2.05, 4.69) is 20.3 Å². The Bertz CT molecular complexity index is 91.7. The van der Waals surface area contributed by atoms with Crippen molar-refractivity contribution in [1.29, 1.82) is 0 Å². The van der Waals surface area contributed by atoms with Crippen molar-refractivity contribution in [3.63, 3.8) is 0 Å². The van der Waals surface area contributed by atoms with Crippen LogP contribution in [0.4, 0.5) is 0 Å². The number of hydrogen-bond donors (Lipinski definition) is 0. The predicted molar refractivity (Wildman–Crippen MR) is 79.4 cm³/mol. The van der Waals surface area contributed by atoms with E-state index in [9.17, 15) is 0 Å². The van der Waals surface area contributed by atoms with Crippen molar-refractivity contribution in [2.24, 2.45) is 11.8 Å². The third-order valence-corrected chi connectivity index (χ3v) is 3.07. The van der Waals surface area contributed by atoms with Crippen LogP contribution in [0.5, 0.6) is 0 Å². The Morgan fingerprint density at radius 3 is 1.82 bits per heavy atom. The Labute approximate surface area is 138 Å². The molecular formula is C16H36Y-2. The maximum absolute atomic E-state index is 2.54. The Balaban J connectivity index is -0.000000128. The van der Waals surface area contributed by atoms with Crippen LogP contribution in [0.2, 0.25) is 0 Å². The minimum Gasteiger partial charge on any atom is -0.358 e. The third kappa shape index (κ3) is 15.0. The minimum absolute atomic E-state index is 0. The van der Waals surface area contributed by atoms with E-state index in [4.69, 9.17) is 0 Å². The van der Waals surface area contributed by atoms with Gasteiger partial charge in [0.2, 0.25) is 0 Å². The van der Waals surface area contributed by atoms with Crippen molar-refractivity contribution >= 4 is 0 Å². The molecule has 0 spiro atoms. The van der Waals surface area contributed by atoms with Crippen LogP contribution in [-0.4, -0.2) is 0 Å². The molecule has 1 unspecified atom stereocenters. The van der Waals surface area contributed by atoms with E-state index in [1.807, 2.05) is 27.7 Å². The molecule has 1 atom stereocenters. The first-order chi connectivity index (χ1) is 7.36. The zero-order valence-corrected chi connectivity index (χ0v) is 16.4. The summed E-state index contributed by atoms with van der Waals surface area (Å²) in [7, 11) is 0. The molecule has 1 aliphatic carbocycles. The van der Waals surface area contributed by atoms with Crippen molar-refractivity contribution in [3.05, 3.63) is 13.8 Å². The van der Waals surface area contributed by atoms with E-state index in [0.29, 0.717) is 0 Å². The maximum atomic E-state index is 2.54. The summed E-state index contributed by atoms with van der Waals surface area (Å²) in [4.78, 5) is 0. The Morgan fingerprint density at radius 1 is 1.06 bits per heavy atom. The van der Waals surface area contributed by atoms with Crippen molar-refractivity contribution < 1.29 is 32.7 Å². The molecule has 0 aromatic heterocycles. The van der Waals surface area contributed by atoms with Crippen LogP contribution >= 0.6 is 0 Å². The summed E-state index contributed by atoms with van der Waals surface area (Å²) in [6.45, 7) is 12.6. The van der Waals surface area contributed by atoms with Crippen LogP contribution in [0.3, 0.4) is 0 Å². The van der Waals surface area contributed by atoms with Crippen LogP contribution in [0.1, 0.15) is 80.1 Å². The number of hydrogen-bond acceptors (Lipinski definition) is 0. The fourth-order valence-corrected chi connectivity index (χ4v) is 2.12. The van der Waals surface area contributed by atoms with Crippen LogP contribution in [0.25, 0.3) is 0 Å². The summed E-state index contributed by atoms with van der Waals surface area (Å²) in [6, 6.07) is 0. The summed E-state index contributed by atoms with van der Waals surface area (Å²) in [5, 5.41) is 0. The van der Waals surface area contributed by atoms with E-state index in [1.165, 1.54) is 38.5 Å². The van der Waals surface area contributed by atoms with Gasteiger partial charge in [0.25, 0.3) is 0 Å². The largest absolute Gasteiger partial charge is 0.358 e. The van der Waals surface area contributed by atoms with Crippen LogP contribution < -0.4 is 0 Å². The normalized spacial score (nSPS) is 16.8. The molecule has 0 saturated heterocycles. The van der Waals surface area contributed by atoms with Gasteiger partial charge in [-0.05, 0) is 5.92 Å². The van der Waals surface area contributed by atoms with Gasteiger partial charge in [-0.3, -0.25) is 0 Å². The molecule has 17 heavy (non-hydrogen) atoms. The van der Waals surface area contributed by atoms with Gasteiger partial charge < -0.3 is 13.8 Å². The van der Waals surface area contributed by atoms with Crippen LogP contribution in [0.15, 0.2) is 0 Å². The molecule has 0 bridgehead atoms. The van der Waals surface area contributed by atoms with Gasteiger partial charge in [0.05, 0.1) is 0 Å². The third-order valence-electron chi connectivity index (χ3n) is 3.07. The van der Waals surface area contributed by atoms with Gasteiger partial charge in [-0.2, -0.15) is 12.3 Å². The summed E-state index contributed by atoms with van der Waals surface area (Å²) in [5.74, 6) is 1.97. The van der Waals surface area contributed by atoms with Crippen LogP contribution in [-0.2, 0) is 32.7 Å². The standard InChI is InChI=1S/C11H21.2C2H6.CH3.Y/c1-3-10(4-2)9-11-7-5-6-8-11;2*1-2;;/h7,10-11H,3-6,8-9H2,1-2H3;2*1-2H3;1H3;/q-1;;;-1;. The Hall–Kier alpha value is 1.10. The average molecular weight is 317 g/mol. The van der Waals surface area contributed by atoms with Gasteiger partial charge in [-0.15, -0.1) is 0 Å². The molecule has 1 rings (SSSR count). The van der Waals surface area contributed by atoms with E-state index >= 15 is 0 Å². The van der Waals surface area contributed by atoms with Crippen molar-refractivity contribution in [3.8, 4) is 0 Å². The van der Waals surface area contributed by atoms with E-state index in [-0.39, 0.29) is 40.1 Å². The molecule has 0 N–H and O–H groups in total. The van der Waals surface area contributed by atoms with Crippen molar-refractivity contribution in [1.82, 2.24) is 0 Å². The molecule has 1 saturated carbocycles.